The predicted molar refractivity (Wildman–Crippen MR) is 104 cm³/mol. The van der Waals surface area contributed by atoms with Crippen molar-refractivity contribution < 1.29 is 4.79 Å². The lowest BCUT2D eigenvalue weighted by molar-refractivity contribution is -0.121. The van der Waals surface area contributed by atoms with Gasteiger partial charge in [-0.15, -0.1) is 0 Å². The molecule has 26 heavy (non-hydrogen) atoms. The molecule has 0 bridgehead atoms. The van der Waals surface area contributed by atoms with Crippen LogP contribution in [0.2, 0.25) is 0 Å². The third-order valence-corrected chi connectivity index (χ3v) is 3.56. The molecule has 1 aromatic heterocycles. The molecule has 0 aliphatic carbocycles. The summed E-state index contributed by atoms with van der Waals surface area (Å²) in [6.07, 6.45) is 5.53. The summed E-state index contributed by atoms with van der Waals surface area (Å²) in [6.45, 7) is 7.48. The van der Waals surface area contributed by atoms with Crippen molar-refractivity contribution in [1.29, 1.82) is 0 Å². The maximum absolute atomic E-state index is 11.9. The fourth-order valence-electron chi connectivity index (χ4n) is 2.39. The summed E-state index contributed by atoms with van der Waals surface area (Å²) < 4.78 is 2.03. The Hall–Kier alpha value is -2.83. The van der Waals surface area contributed by atoms with Crippen LogP contribution in [0.15, 0.2) is 48.0 Å². The second-order valence-electron chi connectivity index (χ2n) is 7.13. The molecule has 7 heteroatoms. The van der Waals surface area contributed by atoms with Crippen molar-refractivity contribution in [2.45, 2.75) is 39.4 Å². The molecule has 1 heterocycles. The second-order valence-corrected chi connectivity index (χ2v) is 7.13. The Kier molecular flexibility index (Phi) is 6.77. The molecule has 0 saturated heterocycles. The Bertz CT molecular complexity index is 713. The molecule has 0 aliphatic rings. The van der Waals surface area contributed by atoms with E-state index in [0.717, 1.165) is 12.1 Å². The predicted octanol–water partition coefficient (Wildman–Crippen LogP) is 1.51. The Labute approximate surface area is 154 Å². The number of aliphatic imine (C=N–C) groups is 1. The molecule has 1 amide bonds. The van der Waals surface area contributed by atoms with Crippen LogP contribution in [-0.2, 0) is 17.9 Å². The molecular formula is C19H28N6O. The van der Waals surface area contributed by atoms with Gasteiger partial charge in [-0.3, -0.25) is 9.79 Å². The van der Waals surface area contributed by atoms with Crippen molar-refractivity contribution in [3.63, 3.8) is 0 Å². The number of rotatable bonds is 6. The van der Waals surface area contributed by atoms with Gasteiger partial charge in [0, 0.05) is 38.1 Å². The van der Waals surface area contributed by atoms with E-state index in [4.69, 9.17) is 0 Å². The van der Waals surface area contributed by atoms with Crippen LogP contribution in [0.25, 0.3) is 0 Å². The highest BCUT2D eigenvalue weighted by Gasteiger charge is 2.13. The number of guanidine groups is 1. The standard InChI is InChI=1S/C19H28N6O/c1-19(2,3)24-17(26)12-23-18(20-4)22-11-15-5-7-16(8-6-15)13-25-10-9-21-14-25/h5-10,14H,11-13H2,1-4H3,(H,24,26)(H2,20,22,23). The Morgan fingerprint density at radius 2 is 1.85 bits per heavy atom. The van der Waals surface area contributed by atoms with Gasteiger partial charge < -0.3 is 20.5 Å². The van der Waals surface area contributed by atoms with Crippen LogP contribution >= 0.6 is 0 Å². The largest absolute Gasteiger partial charge is 0.352 e. The Morgan fingerprint density at radius 1 is 1.15 bits per heavy atom. The first kappa shape index (κ1) is 19.5. The average Bonchev–Trinajstić information content (AvgIpc) is 3.08. The van der Waals surface area contributed by atoms with E-state index in [0.29, 0.717) is 12.5 Å². The number of hydrogen-bond donors (Lipinski definition) is 3. The van der Waals surface area contributed by atoms with Crippen LogP contribution in [-0.4, -0.2) is 40.5 Å². The minimum atomic E-state index is -0.242. The average molecular weight is 356 g/mol. The van der Waals surface area contributed by atoms with Gasteiger partial charge in [0.2, 0.25) is 5.91 Å². The minimum Gasteiger partial charge on any atom is -0.352 e. The van der Waals surface area contributed by atoms with E-state index >= 15 is 0 Å². The molecular weight excluding hydrogens is 328 g/mol. The number of benzene rings is 1. The smallest absolute Gasteiger partial charge is 0.239 e. The molecule has 0 atom stereocenters. The minimum absolute atomic E-state index is 0.0655. The van der Waals surface area contributed by atoms with Crippen LogP contribution in [0.4, 0.5) is 0 Å². The van der Waals surface area contributed by atoms with Crippen LogP contribution in [0.5, 0.6) is 0 Å². The quantitative estimate of drug-likeness (QED) is 0.541. The SMILES string of the molecule is CN=C(NCC(=O)NC(C)(C)C)NCc1ccc(Cn2ccnc2)cc1. The van der Waals surface area contributed by atoms with Gasteiger partial charge in [0.1, 0.15) is 0 Å². The number of nitrogens with zero attached hydrogens (tertiary/aromatic N) is 3. The van der Waals surface area contributed by atoms with Crippen LogP contribution in [0.1, 0.15) is 31.9 Å². The maximum atomic E-state index is 11.9. The molecule has 0 spiro atoms. The van der Waals surface area contributed by atoms with Crippen LogP contribution in [0, 0.1) is 0 Å². The molecule has 0 unspecified atom stereocenters. The number of hydrogen-bond acceptors (Lipinski definition) is 3. The van der Waals surface area contributed by atoms with Gasteiger partial charge in [-0.25, -0.2) is 4.98 Å². The zero-order chi connectivity index (χ0) is 19.0. The molecule has 2 aromatic rings. The highest BCUT2D eigenvalue weighted by Crippen LogP contribution is 2.06. The van der Waals surface area contributed by atoms with E-state index in [1.165, 1.54) is 5.56 Å². The molecule has 0 fully saturated rings. The zero-order valence-electron chi connectivity index (χ0n) is 15.9. The zero-order valence-corrected chi connectivity index (χ0v) is 15.9. The topological polar surface area (TPSA) is 83.3 Å². The van der Waals surface area contributed by atoms with Gasteiger partial charge in [0.05, 0.1) is 12.9 Å². The first-order valence-corrected chi connectivity index (χ1v) is 8.65. The molecule has 0 radical (unpaired) electrons. The second kappa shape index (κ2) is 9.03. The summed E-state index contributed by atoms with van der Waals surface area (Å²) in [5.41, 5.74) is 2.11. The van der Waals surface area contributed by atoms with Gasteiger partial charge >= 0.3 is 0 Å². The highest BCUT2D eigenvalue weighted by atomic mass is 16.2. The summed E-state index contributed by atoms with van der Waals surface area (Å²) >= 11 is 0. The molecule has 1 aromatic carbocycles. The summed E-state index contributed by atoms with van der Waals surface area (Å²) in [5.74, 6) is 0.529. The third kappa shape index (κ3) is 6.96. The lowest BCUT2D eigenvalue weighted by Gasteiger charge is -2.21. The van der Waals surface area contributed by atoms with Crippen molar-refractivity contribution in [3.05, 3.63) is 54.1 Å². The van der Waals surface area contributed by atoms with Gasteiger partial charge in [0.25, 0.3) is 0 Å². The summed E-state index contributed by atoms with van der Waals surface area (Å²) in [5, 5.41) is 9.14. The lowest BCUT2D eigenvalue weighted by Crippen LogP contribution is -2.48. The Morgan fingerprint density at radius 3 is 2.42 bits per heavy atom. The molecule has 140 valence electrons. The first-order chi connectivity index (χ1) is 12.4. The Balaban J connectivity index is 1.78. The molecule has 0 saturated carbocycles. The van der Waals surface area contributed by atoms with Crippen molar-refractivity contribution in [2.24, 2.45) is 4.99 Å². The van der Waals surface area contributed by atoms with E-state index in [-0.39, 0.29) is 18.0 Å². The van der Waals surface area contributed by atoms with E-state index in [9.17, 15) is 4.79 Å². The molecule has 7 nitrogen and oxygen atoms in total. The molecule has 2 rings (SSSR count). The lowest BCUT2D eigenvalue weighted by atomic mass is 10.1. The normalized spacial score (nSPS) is 11.9. The van der Waals surface area contributed by atoms with Gasteiger partial charge in [-0.1, -0.05) is 24.3 Å². The molecule has 0 aliphatic heterocycles. The number of amides is 1. The van der Waals surface area contributed by atoms with Crippen molar-refractivity contribution in [3.8, 4) is 0 Å². The fourth-order valence-corrected chi connectivity index (χ4v) is 2.39. The monoisotopic (exact) mass is 356 g/mol. The van der Waals surface area contributed by atoms with Crippen molar-refractivity contribution in [2.75, 3.05) is 13.6 Å². The van der Waals surface area contributed by atoms with E-state index in [1.54, 1.807) is 19.6 Å². The summed E-state index contributed by atoms with van der Waals surface area (Å²) in [7, 11) is 1.69. The summed E-state index contributed by atoms with van der Waals surface area (Å²) in [6, 6.07) is 8.37. The number of carbonyl (C=O) groups is 1. The van der Waals surface area contributed by atoms with Gasteiger partial charge in [-0.05, 0) is 31.9 Å². The molecule has 3 N–H and O–H groups in total. The number of carbonyl (C=O) groups excluding carboxylic acids is 1. The summed E-state index contributed by atoms with van der Waals surface area (Å²) in [4.78, 5) is 20.0. The number of imidazole rings is 1. The fraction of sp³-hybridized carbons (Fsp3) is 0.421. The van der Waals surface area contributed by atoms with Crippen LogP contribution in [0.3, 0.4) is 0 Å². The maximum Gasteiger partial charge on any atom is 0.239 e. The third-order valence-electron chi connectivity index (χ3n) is 3.56. The first-order valence-electron chi connectivity index (χ1n) is 8.65. The van der Waals surface area contributed by atoms with E-state index in [1.807, 2.05) is 31.5 Å². The van der Waals surface area contributed by atoms with E-state index < -0.39 is 0 Å². The van der Waals surface area contributed by atoms with Crippen molar-refractivity contribution >= 4 is 11.9 Å². The van der Waals surface area contributed by atoms with Crippen molar-refractivity contribution in [1.82, 2.24) is 25.5 Å². The van der Waals surface area contributed by atoms with E-state index in [2.05, 4.69) is 50.2 Å². The highest BCUT2D eigenvalue weighted by molar-refractivity contribution is 5.86. The number of aromatic nitrogens is 2. The number of nitrogens with one attached hydrogen (secondary N) is 3. The van der Waals surface area contributed by atoms with Gasteiger partial charge in [-0.2, -0.15) is 0 Å². The van der Waals surface area contributed by atoms with Gasteiger partial charge in [0.15, 0.2) is 5.96 Å². The van der Waals surface area contributed by atoms with Crippen LogP contribution < -0.4 is 16.0 Å².